The van der Waals surface area contributed by atoms with E-state index in [-0.39, 0.29) is 24.6 Å². The van der Waals surface area contributed by atoms with E-state index in [0.717, 1.165) is 12.1 Å². The van der Waals surface area contributed by atoms with Crippen molar-refractivity contribution >= 4 is 11.8 Å². The Morgan fingerprint density at radius 3 is 2.55 bits per heavy atom. The summed E-state index contributed by atoms with van der Waals surface area (Å²) in [6, 6.07) is 2.89. The maximum Gasteiger partial charge on any atom is 0.261 e. The highest BCUT2D eigenvalue weighted by atomic mass is 19.1. The van der Waals surface area contributed by atoms with Gasteiger partial charge in [0, 0.05) is 19.0 Å². The first-order chi connectivity index (χ1) is 10.3. The number of halogens is 2. The van der Waals surface area contributed by atoms with Crippen LogP contribution in [0, 0.1) is 17.6 Å². The minimum absolute atomic E-state index is 0.167. The van der Waals surface area contributed by atoms with Crippen molar-refractivity contribution in [3.05, 3.63) is 29.8 Å². The maximum absolute atomic E-state index is 13.6. The summed E-state index contributed by atoms with van der Waals surface area (Å²) in [6.45, 7) is 3.75. The van der Waals surface area contributed by atoms with Gasteiger partial charge in [0.2, 0.25) is 5.91 Å². The van der Waals surface area contributed by atoms with Gasteiger partial charge in [0.1, 0.15) is 5.82 Å². The number of hydrogen-bond donors (Lipinski definition) is 2. The summed E-state index contributed by atoms with van der Waals surface area (Å²) >= 11 is 0. The van der Waals surface area contributed by atoms with E-state index in [4.69, 9.17) is 10.5 Å². The van der Waals surface area contributed by atoms with Crippen LogP contribution >= 0.6 is 0 Å². The summed E-state index contributed by atoms with van der Waals surface area (Å²) in [4.78, 5) is 22.7. The molecule has 0 saturated carbocycles. The molecule has 0 saturated heterocycles. The fraction of sp³-hybridized carbons (Fsp3) is 0.467. The molecule has 0 aromatic heterocycles. The maximum atomic E-state index is 13.6. The van der Waals surface area contributed by atoms with Crippen LogP contribution in [0.3, 0.4) is 0 Å². The first kappa shape index (κ1) is 17.9. The molecule has 2 amide bonds. The van der Waals surface area contributed by atoms with Gasteiger partial charge in [-0.3, -0.25) is 9.59 Å². The van der Waals surface area contributed by atoms with Crippen molar-refractivity contribution in [1.82, 2.24) is 5.32 Å². The van der Waals surface area contributed by atoms with E-state index in [1.165, 1.54) is 0 Å². The minimum Gasteiger partial charge on any atom is -0.477 e. The Hall–Kier alpha value is -2.18. The largest absolute Gasteiger partial charge is 0.477 e. The van der Waals surface area contributed by atoms with Crippen LogP contribution in [-0.2, 0) is 9.59 Å². The normalized spacial score (nSPS) is 12.0. The Labute approximate surface area is 127 Å². The monoisotopic (exact) mass is 314 g/mol. The molecule has 1 rings (SSSR count). The van der Waals surface area contributed by atoms with Crippen LogP contribution in [0.25, 0.3) is 0 Å². The predicted molar refractivity (Wildman–Crippen MR) is 77.1 cm³/mol. The van der Waals surface area contributed by atoms with Crippen molar-refractivity contribution in [3.63, 3.8) is 0 Å². The lowest BCUT2D eigenvalue weighted by molar-refractivity contribution is -0.130. The number of ether oxygens (including phenoxy) is 1. The van der Waals surface area contributed by atoms with Crippen molar-refractivity contribution in [2.45, 2.75) is 32.8 Å². The van der Waals surface area contributed by atoms with E-state index < -0.39 is 29.6 Å². The fourth-order valence-corrected chi connectivity index (χ4v) is 1.77. The molecule has 5 nitrogen and oxygen atoms in total. The molecular formula is C15H20F2N2O3. The Morgan fingerprint density at radius 2 is 2.00 bits per heavy atom. The molecule has 0 aliphatic heterocycles. The molecule has 3 N–H and O–H groups in total. The highest BCUT2D eigenvalue weighted by Gasteiger charge is 2.25. The number of carbonyl (C=O) groups is 2. The Balaban J connectivity index is 2.64. The van der Waals surface area contributed by atoms with E-state index in [1.54, 1.807) is 13.8 Å². The third kappa shape index (κ3) is 5.67. The second kappa shape index (κ2) is 8.31. The minimum atomic E-state index is -0.923. The van der Waals surface area contributed by atoms with Crippen LogP contribution in [0.2, 0.25) is 0 Å². The van der Waals surface area contributed by atoms with Gasteiger partial charge >= 0.3 is 0 Å². The molecule has 22 heavy (non-hydrogen) atoms. The summed E-state index contributed by atoms with van der Waals surface area (Å²) in [6.07, 6.45) is -0.342. The second-order valence-electron chi connectivity index (χ2n) is 5.22. The number of primary amides is 1. The van der Waals surface area contributed by atoms with Crippen LogP contribution in [-0.4, -0.2) is 24.5 Å². The zero-order valence-corrected chi connectivity index (χ0v) is 12.6. The molecule has 1 aromatic rings. The smallest absolute Gasteiger partial charge is 0.261 e. The molecule has 0 heterocycles. The first-order valence-corrected chi connectivity index (χ1v) is 6.99. The fourth-order valence-electron chi connectivity index (χ4n) is 1.77. The Morgan fingerprint density at radius 1 is 1.32 bits per heavy atom. The Kier molecular flexibility index (Phi) is 6.75. The zero-order valence-electron chi connectivity index (χ0n) is 12.6. The van der Waals surface area contributed by atoms with Crippen LogP contribution in [0.5, 0.6) is 5.75 Å². The summed E-state index contributed by atoms with van der Waals surface area (Å²) in [5.74, 6) is -2.87. The quantitative estimate of drug-likeness (QED) is 0.717. The number of nitrogens with two attached hydrogens (primary N) is 1. The van der Waals surface area contributed by atoms with Crippen molar-refractivity contribution in [2.75, 3.05) is 6.54 Å². The number of nitrogens with one attached hydrogen (secondary N) is 1. The van der Waals surface area contributed by atoms with E-state index in [2.05, 4.69) is 5.32 Å². The number of rotatable bonds is 8. The molecule has 0 aliphatic rings. The highest BCUT2D eigenvalue weighted by Crippen LogP contribution is 2.21. The van der Waals surface area contributed by atoms with Gasteiger partial charge in [-0.15, -0.1) is 0 Å². The highest BCUT2D eigenvalue weighted by molar-refractivity contribution is 5.81. The molecule has 0 spiro atoms. The Bertz CT molecular complexity index is 536. The molecule has 0 radical (unpaired) electrons. The van der Waals surface area contributed by atoms with Crippen LogP contribution < -0.4 is 15.8 Å². The van der Waals surface area contributed by atoms with Gasteiger partial charge in [-0.25, -0.2) is 8.78 Å². The summed E-state index contributed by atoms with van der Waals surface area (Å²) in [7, 11) is 0. The zero-order chi connectivity index (χ0) is 16.7. The third-order valence-corrected chi connectivity index (χ3v) is 2.91. The van der Waals surface area contributed by atoms with Crippen LogP contribution in [0.4, 0.5) is 8.78 Å². The average molecular weight is 314 g/mol. The molecule has 122 valence electrons. The summed E-state index contributed by atoms with van der Waals surface area (Å²) in [5.41, 5.74) is 5.00. The topological polar surface area (TPSA) is 81.4 Å². The van der Waals surface area contributed by atoms with Gasteiger partial charge in [-0.2, -0.15) is 0 Å². The van der Waals surface area contributed by atoms with Crippen LogP contribution in [0.15, 0.2) is 18.2 Å². The van der Waals surface area contributed by atoms with E-state index in [9.17, 15) is 18.4 Å². The van der Waals surface area contributed by atoms with Crippen molar-refractivity contribution in [1.29, 1.82) is 0 Å². The molecule has 7 heteroatoms. The van der Waals surface area contributed by atoms with Gasteiger partial charge < -0.3 is 15.8 Å². The van der Waals surface area contributed by atoms with E-state index in [0.29, 0.717) is 12.5 Å². The van der Waals surface area contributed by atoms with Crippen molar-refractivity contribution in [3.8, 4) is 5.75 Å². The summed E-state index contributed by atoms with van der Waals surface area (Å²) in [5, 5.41) is 2.60. The van der Waals surface area contributed by atoms with Crippen molar-refractivity contribution < 1.29 is 23.1 Å². The molecular weight excluding hydrogens is 294 g/mol. The van der Waals surface area contributed by atoms with Crippen LogP contribution in [0.1, 0.15) is 26.7 Å². The van der Waals surface area contributed by atoms with E-state index in [1.807, 2.05) is 0 Å². The lowest BCUT2D eigenvalue weighted by atomic mass is 10.1. The molecule has 0 aliphatic carbocycles. The number of carbonyl (C=O) groups excluding carboxylic acids is 2. The van der Waals surface area contributed by atoms with Gasteiger partial charge in [0.15, 0.2) is 17.7 Å². The third-order valence-electron chi connectivity index (χ3n) is 2.91. The van der Waals surface area contributed by atoms with Gasteiger partial charge in [0.25, 0.3) is 5.91 Å². The second-order valence-corrected chi connectivity index (χ2v) is 5.22. The molecule has 0 unspecified atom stereocenters. The molecule has 0 fully saturated rings. The van der Waals surface area contributed by atoms with Crippen molar-refractivity contribution in [2.24, 2.45) is 11.7 Å². The first-order valence-electron chi connectivity index (χ1n) is 6.99. The van der Waals surface area contributed by atoms with Gasteiger partial charge in [0.05, 0.1) is 0 Å². The molecule has 0 bridgehead atoms. The predicted octanol–water partition coefficient (Wildman–Crippen LogP) is 1.75. The number of benzene rings is 1. The lowest BCUT2D eigenvalue weighted by Gasteiger charge is -2.22. The average Bonchev–Trinajstić information content (AvgIpc) is 2.42. The van der Waals surface area contributed by atoms with Gasteiger partial charge in [-0.1, -0.05) is 13.8 Å². The number of amides is 2. The van der Waals surface area contributed by atoms with E-state index >= 15 is 0 Å². The number of hydrogen-bond acceptors (Lipinski definition) is 3. The van der Waals surface area contributed by atoms with Gasteiger partial charge in [-0.05, 0) is 24.5 Å². The molecule has 1 aromatic carbocycles. The lowest BCUT2D eigenvalue weighted by Crippen LogP contribution is -2.42. The standard InChI is InChI=1S/C15H20F2N2O3/c1-9(2)14(15(21)19-7-3-4-13(18)20)22-12-6-5-10(16)8-11(12)17/h5-6,8-9,14H,3-4,7H2,1-2H3,(H2,18,20)(H,19,21)/t14-/m1/s1. The summed E-state index contributed by atoms with van der Waals surface area (Å²) < 4.78 is 31.8. The SMILES string of the molecule is CC(C)[C@@H](Oc1ccc(F)cc1F)C(=O)NCCCC(N)=O. The molecule has 1 atom stereocenters.